The lowest BCUT2D eigenvalue weighted by molar-refractivity contribution is -0.157. The van der Waals surface area contributed by atoms with Gasteiger partial charge in [0.05, 0.1) is 0 Å². The lowest BCUT2D eigenvalue weighted by atomic mass is 10.0. The SMILES string of the molecule is CCc1ccc(CCC(=O)C(CC)OC(=O)C(NC(=O)c2ccccc2)c2ccccc2)cc1. The molecule has 1 N–H and O–H groups in total. The maximum atomic E-state index is 13.1. The number of hydrogen-bond donors (Lipinski definition) is 1. The highest BCUT2D eigenvalue weighted by molar-refractivity contribution is 5.97. The Bertz CT molecular complexity index is 1080. The van der Waals surface area contributed by atoms with E-state index >= 15 is 0 Å². The Morgan fingerprint density at radius 2 is 1.38 bits per heavy atom. The van der Waals surface area contributed by atoms with Crippen LogP contribution in [0.15, 0.2) is 84.9 Å². The Balaban J connectivity index is 1.68. The zero-order valence-electron chi connectivity index (χ0n) is 19.7. The molecule has 0 saturated carbocycles. The van der Waals surface area contributed by atoms with E-state index in [9.17, 15) is 14.4 Å². The van der Waals surface area contributed by atoms with Crippen LogP contribution in [0.2, 0.25) is 0 Å². The molecule has 0 aliphatic heterocycles. The first-order chi connectivity index (χ1) is 16.5. The Labute approximate surface area is 201 Å². The smallest absolute Gasteiger partial charge is 0.334 e. The Kier molecular flexibility index (Phi) is 9.15. The van der Waals surface area contributed by atoms with Gasteiger partial charge in [-0.1, -0.05) is 86.6 Å². The van der Waals surface area contributed by atoms with Crippen LogP contribution >= 0.6 is 0 Å². The zero-order valence-corrected chi connectivity index (χ0v) is 19.7. The summed E-state index contributed by atoms with van der Waals surface area (Å²) in [7, 11) is 0. The summed E-state index contributed by atoms with van der Waals surface area (Å²) >= 11 is 0. The number of amides is 1. The minimum Gasteiger partial charge on any atom is -0.453 e. The molecule has 0 bridgehead atoms. The third-order valence-electron chi connectivity index (χ3n) is 5.76. The van der Waals surface area contributed by atoms with Crippen LogP contribution in [0.3, 0.4) is 0 Å². The molecule has 1 amide bonds. The standard InChI is InChI=1S/C29H31NO4/c1-3-21-15-17-22(18-16-21)19-20-25(31)26(4-2)34-29(33)27(23-11-7-5-8-12-23)30-28(32)24-13-9-6-10-14-24/h5-18,26-27H,3-4,19-20H2,1-2H3,(H,30,32). The predicted molar refractivity (Wildman–Crippen MR) is 132 cm³/mol. The van der Waals surface area contributed by atoms with Crippen molar-refractivity contribution in [1.29, 1.82) is 0 Å². The number of ketones is 1. The first kappa shape index (κ1) is 24.9. The van der Waals surface area contributed by atoms with Crippen LogP contribution in [0.1, 0.15) is 59.8 Å². The van der Waals surface area contributed by atoms with E-state index in [4.69, 9.17) is 4.74 Å². The lowest BCUT2D eigenvalue weighted by Gasteiger charge is -2.22. The van der Waals surface area contributed by atoms with Gasteiger partial charge in [0.1, 0.15) is 0 Å². The monoisotopic (exact) mass is 457 g/mol. The molecule has 0 saturated heterocycles. The molecule has 2 atom stereocenters. The Morgan fingerprint density at radius 3 is 1.97 bits per heavy atom. The molecule has 3 aromatic carbocycles. The third-order valence-corrected chi connectivity index (χ3v) is 5.76. The van der Waals surface area contributed by atoms with E-state index < -0.39 is 18.1 Å². The fraction of sp³-hybridized carbons (Fsp3) is 0.276. The zero-order chi connectivity index (χ0) is 24.3. The summed E-state index contributed by atoms with van der Waals surface area (Å²) in [5.41, 5.74) is 3.35. The summed E-state index contributed by atoms with van der Waals surface area (Å²) in [6.45, 7) is 3.91. The first-order valence-electron chi connectivity index (χ1n) is 11.7. The minimum absolute atomic E-state index is 0.128. The highest BCUT2D eigenvalue weighted by Crippen LogP contribution is 2.18. The molecule has 2 unspecified atom stereocenters. The highest BCUT2D eigenvalue weighted by Gasteiger charge is 2.29. The maximum absolute atomic E-state index is 13.1. The van der Waals surface area contributed by atoms with Crippen LogP contribution in [-0.2, 0) is 27.2 Å². The molecule has 0 radical (unpaired) electrons. The Hall–Kier alpha value is -3.73. The van der Waals surface area contributed by atoms with Crippen LogP contribution in [-0.4, -0.2) is 23.8 Å². The average Bonchev–Trinajstić information content (AvgIpc) is 2.90. The van der Waals surface area contributed by atoms with E-state index in [2.05, 4.69) is 24.4 Å². The molecule has 0 heterocycles. The largest absolute Gasteiger partial charge is 0.453 e. The van der Waals surface area contributed by atoms with Crippen LogP contribution in [0, 0.1) is 0 Å². The van der Waals surface area contributed by atoms with Gasteiger partial charge in [-0.25, -0.2) is 4.79 Å². The third kappa shape index (κ3) is 6.88. The van der Waals surface area contributed by atoms with Crippen molar-refractivity contribution in [1.82, 2.24) is 5.32 Å². The van der Waals surface area contributed by atoms with E-state index in [1.54, 1.807) is 48.5 Å². The summed E-state index contributed by atoms with van der Waals surface area (Å²) in [6.07, 6.45) is 1.35. The van der Waals surface area contributed by atoms with Gasteiger partial charge in [0, 0.05) is 12.0 Å². The second-order valence-corrected chi connectivity index (χ2v) is 8.15. The first-order valence-corrected chi connectivity index (χ1v) is 11.7. The summed E-state index contributed by atoms with van der Waals surface area (Å²) in [6, 6.07) is 24.8. The molecule has 0 aliphatic rings. The molecule has 0 spiro atoms. The fourth-order valence-corrected chi connectivity index (χ4v) is 3.68. The minimum atomic E-state index is -1.02. The molecule has 34 heavy (non-hydrogen) atoms. The predicted octanol–water partition coefficient (Wildman–Crippen LogP) is 5.24. The number of ether oxygens (including phenoxy) is 1. The van der Waals surface area contributed by atoms with Crippen molar-refractivity contribution in [2.75, 3.05) is 0 Å². The molecule has 5 nitrogen and oxygen atoms in total. The number of nitrogens with one attached hydrogen (secondary N) is 1. The van der Waals surface area contributed by atoms with Gasteiger partial charge >= 0.3 is 5.97 Å². The van der Waals surface area contributed by atoms with Crippen molar-refractivity contribution in [2.45, 2.75) is 51.7 Å². The number of hydrogen-bond acceptors (Lipinski definition) is 4. The normalized spacial score (nSPS) is 12.4. The van der Waals surface area contributed by atoms with Gasteiger partial charge in [-0.15, -0.1) is 0 Å². The average molecular weight is 458 g/mol. The van der Waals surface area contributed by atoms with Crippen molar-refractivity contribution in [3.05, 3.63) is 107 Å². The number of esters is 1. The molecule has 3 aromatic rings. The van der Waals surface area contributed by atoms with Gasteiger partial charge in [0.25, 0.3) is 5.91 Å². The second kappa shape index (κ2) is 12.5. The van der Waals surface area contributed by atoms with Gasteiger partial charge in [0.2, 0.25) is 0 Å². The van der Waals surface area contributed by atoms with E-state index in [0.29, 0.717) is 24.0 Å². The maximum Gasteiger partial charge on any atom is 0.334 e. The van der Waals surface area contributed by atoms with Gasteiger partial charge < -0.3 is 10.1 Å². The van der Waals surface area contributed by atoms with Crippen molar-refractivity contribution in [3.63, 3.8) is 0 Å². The van der Waals surface area contributed by atoms with Gasteiger partial charge in [0.15, 0.2) is 17.9 Å². The molecule has 0 aliphatic carbocycles. The van der Waals surface area contributed by atoms with Crippen LogP contribution in [0.5, 0.6) is 0 Å². The molecule has 3 rings (SSSR count). The van der Waals surface area contributed by atoms with E-state index in [1.165, 1.54) is 5.56 Å². The van der Waals surface area contributed by atoms with Crippen molar-refractivity contribution in [3.8, 4) is 0 Å². The number of benzene rings is 3. The number of carbonyl (C=O) groups excluding carboxylic acids is 3. The molecular weight excluding hydrogens is 426 g/mol. The van der Waals surface area contributed by atoms with Crippen LogP contribution < -0.4 is 5.32 Å². The number of rotatable bonds is 11. The summed E-state index contributed by atoms with van der Waals surface area (Å²) in [4.78, 5) is 38.7. The summed E-state index contributed by atoms with van der Waals surface area (Å²) in [5.74, 6) is -1.17. The van der Waals surface area contributed by atoms with E-state index in [-0.39, 0.29) is 18.1 Å². The van der Waals surface area contributed by atoms with Gasteiger partial charge in [-0.2, -0.15) is 0 Å². The van der Waals surface area contributed by atoms with E-state index in [1.807, 2.05) is 31.2 Å². The lowest BCUT2D eigenvalue weighted by Crippen LogP contribution is -2.38. The van der Waals surface area contributed by atoms with Crippen molar-refractivity contribution < 1.29 is 19.1 Å². The van der Waals surface area contributed by atoms with Gasteiger partial charge in [-0.3, -0.25) is 9.59 Å². The summed E-state index contributed by atoms with van der Waals surface area (Å²) < 4.78 is 5.64. The number of aryl methyl sites for hydroxylation is 2. The number of carbonyl (C=O) groups is 3. The number of Topliss-reactive ketones (excluding diaryl/α,β-unsaturated/α-hetero) is 1. The van der Waals surface area contributed by atoms with Crippen molar-refractivity contribution in [2.24, 2.45) is 0 Å². The Morgan fingerprint density at radius 1 is 0.794 bits per heavy atom. The molecule has 5 heteroatoms. The topological polar surface area (TPSA) is 72.5 Å². The highest BCUT2D eigenvalue weighted by atomic mass is 16.5. The van der Waals surface area contributed by atoms with E-state index in [0.717, 1.165) is 12.0 Å². The second-order valence-electron chi connectivity index (χ2n) is 8.15. The molecule has 176 valence electrons. The van der Waals surface area contributed by atoms with Gasteiger partial charge in [-0.05, 0) is 48.1 Å². The molecule has 0 fully saturated rings. The molecule has 0 aromatic heterocycles. The quantitative estimate of drug-likeness (QED) is 0.400. The van der Waals surface area contributed by atoms with Crippen LogP contribution in [0.25, 0.3) is 0 Å². The molecular formula is C29H31NO4. The van der Waals surface area contributed by atoms with Crippen LogP contribution in [0.4, 0.5) is 0 Å². The van der Waals surface area contributed by atoms with Crippen molar-refractivity contribution >= 4 is 17.7 Å². The fourth-order valence-electron chi connectivity index (χ4n) is 3.68. The summed E-state index contributed by atoms with van der Waals surface area (Å²) in [5, 5.41) is 2.76.